The second-order valence-electron chi connectivity index (χ2n) is 7.65. The van der Waals surface area contributed by atoms with Crippen LogP contribution in [0.15, 0.2) is 47.7 Å². The van der Waals surface area contributed by atoms with Gasteiger partial charge < -0.3 is 20.3 Å². The van der Waals surface area contributed by atoms with Crippen molar-refractivity contribution in [3.8, 4) is 0 Å². The number of benzene rings is 1. The molecule has 0 spiro atoms. The minimum absolute atomic E-state index is 0.115. The number of nitrogens with zero attached hydrogens (tertiary/aromatic N) is 2. The van der Waals surface area contributed by atoms with Gasteiger partial charge in [0, 0.05) is 32.5 Å². The molecule has 0 aliphatic carbocycles. The smallest absolute Gasteiger partial charge is 0.191 e. The number of aryl methyl sites for hydroxylation is 1. The molecule has 0 radical (unpaired) electrons. The summed E-state index contributed by atoms with van der Waals surface area (Å²) < 4.78 is 2.01. The van der Waals surface area contributed by atoms with Gasteiger partial charge >= 0.3 is 0 Å². The van der Waals surface area contributed by atoms with Crippen molar-refractivity contribution in [1.82, 2.24) is 15.2 Å². The van der Waals surface area contributed by atoms with Crippen molar-refractivity contribution in [2.24, 2.45) is 12.0 Å². The van der Waals surface area contributed by atoms with E-state index in [1.54, 1.807) is 0 Å². The number of nitrogens with one attached hydrogen (secondary N) is 2. The number of guanidine groups is 1. The highest BCUT2D eigenvalue weighted by molar-refractivity contribution is 5.79. The Morgan fingerprint density at radius 2 is 1.85 bits per heavy atom. The maximum absolute atomic E-state index is 10.5. The summed E-state index contributed by atoms with van der Waals surface area (Å²) >= 11 is 0. The van der Waals surface area contributed by atoms with Crippen LogP contribution in [-0.2, 0) is 19.0 Å². The van der Waals surface area contributed by atoms with Crippen LogP contribution in [0.2, 0.25) is 0 Å². The SMILES string of the molecule is CCNC(=NCc1ccn(C)c1)NCC(O)c1ccc(C(C)(C)C)cc1. The van der Waals surface area contributed by atoms with Crippen molar-refractivity contribution in [2.75, 3.05) is 13.1 Å². The van der Waals surface area contributed by atoms with Gasteiger partial charge in [-0.15, -0.1) is 0 Å². The van der Waals surface area contributed by atoms with Gasteiger partial charge in [-0.1, -0.05) is 45.0 Å². The molecule has 3 N–H and O–H groups in total. The van der Waals surface area contributed by atoms with Crippen LogP contribution in [0, 0.1) is 0 Å². The summed E-state index contributed by atoms with van der Waals surface area (Å²) in [6, 6.07) is 10.2. The van der Waals surface area contributed by atoms with Gasteiger partial charge in [0.1, 0.15) is 0 Å². The molecule has 5 heteroatoms. The summed E-state index contributed by atoms with van der Waals surface area (Å²) in [5.74, 6) is 0.710. The van der Waals surface area contributed by atoms with E-state index in [1.165, 1.54) is 5.56 Å². The predicted octanol–water partition coefficient (Wildman–Crippen LogP) is 3.11. The number of aliphatic imine (C=N–C) groups is 1. The normalized spacial score (nSPS) is 13.5. The van der Waals surface area contributed by atoms with Crippen LogP contribution in [0.3, 0.4) is 0 Å². The first-order valence-corrected chi connectivity index (χ1v) is 9.21. The second-order valence-corrected chi connectivity index (χ2v) is 7.65. The lowest BCUT2D eigenvalue weighted by Gasteiger charge is -2.20. The molecule has 1 unspecified atom stereocenters. The van der Waals surface area contributed by atoms with Gasteiger partial charge in [0.05, 0.1) is 12.6 Å². The quantitative estimate of drug-likeness (QED) is 0.550. The molecule has 0 aliphatic rings. The fraction of sp³-hybridized carbons (Fsp3) is 0.476. The highest BCUT2D eigenvalue weighted by Gasteiger charge is 2.14. The van der Waals surface area contributed by atoms with Gasteiger partial charge in [-0.2, -0.15) is 0 Å². The minimum Gasteiger partial charge on any atom is -0.387 e. The molecule has 0 saturated carbocycles. The number of aromatic nitrogens is 1. The fourth-order valence-corrected chi connectivity index (χ4v) is 2.68. The number of rotatable bonds is 6. The van der Waals surface area contributed by atoms with E-state index in [0.29, 0.717) is 19.0 Å². The maximum Gasteiger partial charge on any atom is 0.191 e. The summed E-state index contributed by atoms with van der Waals surface area (Å²) in [5, 5.41) is 16.9. The third kappa shape index (κ3) is 5.92. The number of hydrogen-bond acceptors (Lipinski definition) is 2. The molecular weight excluding hydrogens is 324 g/mol. The summed E-state index contributed by atoms with van der Waals surface area (Å²) in [6.45, 7) is 10.4. The Morgan fingerprint density at radius 3 is 2.38 bits per heavy atom. The molecule has 1 atom stereocenters. The van der Waals surface area contributed by atoms with Crippen molar-refractivity contribution in [2.45, 2.75) is 45.8 Å². The van der Waals surface area contributed by atoms with E-state index in [2.05, 4.69) is 60.8 Å². The van der Waals surface area contributed by atoms with E-state index in [1.807, 2.05) is 36.9 Å². The van der Waals surface area contributed by atoms with Gasteiger partial charge in [-0.05, 0) is 35.1 Å². The zero-order chi connectivity index (χ0) is 19.2. The molecule has 1 aromatic carbocycles. The van der Waals surface area contributed by atoms with Gasteiger partial charge in [-0.25, -0.2) is 4.99 Å². The highest BCUT2D eigenvalue weighted by Crippen LogP contribution is 2.23. The van der Waals surface area contributed by atoms with E-state index < -0.39 is 6.10 Å². The molecule has 1 heterocycles. The van der Waals surface area contributed by atoms with Crippen molar-refractivity contribution in [3.05, 3.63) is 59.4 Å². The first kappa shape index (κ1) is 20.0. The molecule has 2 aromatic rings. The van der Waals surface area contributed by atoms with E-state index in [4.69, 9.17) is 0 Å². The van der Waals surface area contributed by atoms with Crippen molar-refractivity contribution in [3.63, 3.8) is 0 Å². The zero-order valence-electron chi connectivity index (χ0n) is 16.6. The number of hydrogen-bond donors (Lipinski definition) is 3. The first-order valence-electron chi connectivity index (χ1n) is 9.21. The Kier molecular flexibility index (Phi) is 6.86. The van der Waals surface area contributed by atoms with Gasteiger partial charge in [-0.3, -0.25) is 0 Å². The molecule has 2 rings (SSSR count). The summed E-state index contributed by atoms with van der Waals surface area (Å²) in [7, 11) is 2.00. The molecule has 0 aliphatic heterocycles. The van der Waals surface area contributed by atoms with Crippen LogP contribution >= 0.6 is 0 Å². The second kappa shape index (κ2) is 8.90. The third-order valence-corrected chi connectivity index (χ3v) is 4.28. The standard InChI is InChI=1S/C21H32N4O/c1-6-22-20(23-13-16-11-12-25(5)15-16)24-14-19(26)17-7-9-18(10-8-17)21(2,3)4/h7-12,15,19,26H,6,13-14H2,1-5H3,(H2,22,23,24). The summed E-state index contributed by atoms with van der Waals surface area (Å²) in [6.07, 6.45) is 3.49. The highest BCUT2D eigenvalue weighted by atomic mass is 16.3. The Morgan fingerprint density at radius 1 is 1.15 bits per heavy atom. The van der Waals surface area contributed by atoms with Crippen molar-refractivity contribution < 1.29 is 5.11 Å². The third-order valence-electron chi connectivity index (χ3n) is 4.28. The molecule has 0 saturated heterocycles. The Hall–Kier alpha value is -2.27. The Labute approximate surface area is 157 Å². The van der Waals surface area contributed by atoms with E-state index in [0.717, 1.165) is 17.7 Å². The zero-order valence-corrected chi connectivity index (χ0v) is 16.6. The topological polar surface area (TPSA) is 61.6 Å². The average Bonchev–Trinajstić information content (AvgIpc) is 3.02. The molecule has 1 aromatic heterocycles. The number of aliphatic hydroxyl groups excluding tert-OH is 1. The molecule has 26 heavy (non-hydrogen) atoms. The minimum atomic E-state index is -0.579. The largest absolute Gasteiger partial charge is 0.387 e. The molecule has 5 nitrogen and oxygen atoms in total. The van der Waals surface area contributed by atoms with Crippen LogP contribution in [0.5, 0.6) is 0 Å². The lowest BCUT2D eigenvalue weighted by molar-refractivity contribution is 0.181. The van der Waals surface area contributed by atoms with Crippen LogP contribution in [0.25, 0.3) is 0 Å². The molecule has 142 valence electrons. The van der Waals surface area contributed by atoms with Gasteiger partial charge in [0.2, 0.25) is 0 Å². The lowest BCUT2D eigenvalue weighted by Crippen LogP contribution is -2.39. The van der Waals surface area contributed by atoms with Gasteiger partial charge in [0.15, 0.2) is 5.96 Å². The average molecular weight is 357 g/mol. The summed E-state index contributed by atoms with van der Waals surface area (Å²) in [4.78, 5) is 4.58. The molecule has 0 amide bonds. The van der Waals surface area contributed by atoms with Crippen LogP contribution < -0.4 is 10.6 Å². The van der Waals surface area contributed by atoms with E-state index >= 15 is 0 Å². The fourth-order valence-electron chi connectivity index (χ4n) is 2.68. The van der Waals surface area contributed by atoms with Crippen LogP contribution in [-0.4, -0.2) is 28.7 Å². The molecule has 0 bridgehead atoms. The monoisotopic (exact) mass is 356 g/mol. The molecule has 0 fully saturated rings. The lowest BCUT2D eigenvalue weighted by atomic mass is 9.86. The maximum atomic E-state index is 10.5. The van der Waals surface area contributed by atoms with Crippen molar-refractivity contribution in [1.29, 1.82) is 0 Å². The van der Waals surface area contributed by atoms with Crippen LogP contribution in [0.4, 0.5) is 0 Å². The Bertz CT molecular complexity index is 710. The van der Waals surface area contributed by atoms with Gasteiger partial charge in [0.25, 0.3) is 0 Å². The predicted molar refractivity (Wildman–Crippen MR) is 108 cm³/mol. The van der Waals surface area contributed by atoms with E-state index in [-0.39, 0.29) is 5.41 Å². The summed E-state index contributed by atoms with van der Waals surface area (Å²) in [5.41, 5.74) is 3.44. The van der Waals surface area contributed by atoms with Crippen LogP contribution in [0.1, 0.15) is 50.5 Å². The van der Waals surface area contributed by atoms with Crippen molar-refractivity contribution >= 4 is 5.96 Å². The Balaban J connectivity index is 1.94. The first-order chi connectivity index (χ1) is 12.3. The number of aliphatic hydroxyl groups is 1. The molecular formula is C21H32N4O. The van der Waals surface area contributed by atoms with E-state index in [9.17, 15) is 5.11 Å².